The van der Waals surface area contributed by atoms with E-state index in [4.69, 9.17) is 12.2 Å². The third-order valence-electron chi connectivity index (χ3n) is 2.32. The van der Waals surface area contributed by atoms with Crippen molar-refractivity contribution in [2.45, 2.75) is 0 Å². The second kappa shape index (κ2) is 3.99. The second-order valence-corrected chi connectivity index (χ2v) is 3.96. The Hall–Kier alpha value is -2.21. The molecule has 0 fully saturated rings. The number of H-pyrrole nitrogens is 1. The molecule has 0 saturated carbocycles. The van der Waals surface area contributed by atoms with Gasteiger partial charge in [-0.25, -0.2) is 9.36 Å². The number of pyridine rings is 1. The van der Waals surface area contributed by atoms with Crippen LogP contribution in [0.4, 0.5) is 0 Å². The summed E-state index contributed by atoms with van der Waals surface area (Å²) >= 11 is 5.23. The van der Waals surface area contributed by atoms with Gasteiger partial charge in [0.1, 0.15) is 11.6 Å². The molecule has 5 nitrogen and oxygen atoms in total. The van der Waals surface area contributed by atoms with Crippen molar-refractivity contribution in [2.75, 3.05) is 0 Å². The average molecular weight is 243 g/mol. The third kappa shape index (κ3) is 1.90. The predicted octanol–water partition coefficient (Wildman–Crippen LogP) is 2.12. The first-order valence-electron chi connectivity index (χ1n) is 5.07. The summed E-state index contributed by atoms with van der Waals surface area (Å²) in [5.41, 5.74) is 0. The summed E-state index contributed by atoms with van der Waals surface area (Å²) in [5.74, 6) is 1.63. The summed E-state index contributed by atoms with van der Waals surface area (Å²) in [7, 11) is 0. The number of nitrogens with zero attached hydrogens (tertiary/aromatic N) is 4. The average Bonchev–Trinajstić information content (AvgIpc) is 3.02. The van der Waals surface area contributed by atoms with E-state index in [1.807, 2.05) is 36.7 Å². The van der Waals surface area contributed by atoms with Gasteiger partial charge in [-0.1, -0.05) is 12.2 Å². The lowest BCUT2D eigenvalue weighted by molar-refractivity contribution is 0.802. The SMILES string of the molecule is S=c1cc(-n2cccn2)[nH]c(-n2cccn2)c1. The Kier molecular flexibility index (Phi) is 2.34. The Labute approximate surface area is 102 Å². The molecule has 0 bridgehead atoms. The van der Waals surface area contributed by atoms with Crippen molar-refractivity contribution < 1.29 is 0 Å². The van der Waals surface area contributed by atoms with Crippen LogP contribution in [0.25, 0.3) is 11.6 Å². The molecule has 0 unspecified atom stereocenters. The van der Waals surface area contributed by atoms with Crippen molar-refractivity contribution in [3.8, 4) is 11.6 Å². The summed E-state index contributed by atoms with van der Waals surface area (Å²) in [4.78, 5) is 3.22. The highest BCUT2D eigenvalue weighted by Gasteiger charge is 2.01. The van der Waals surface area contributed by atoms with Gasteiger partial charge >= 0.3 is 0 Å². The van der Waals surface area contributed by atoms with Gasteiger partial charge < -0.3 is 4.98 Å². The van der Waals surface area contributed by atoms with Crippen LogP contribution in [-0.2, 0) is 0 Å². The molecular weight excluding hydrogens is 234 g/mol. The maximum atomic E-state index is 5.23. The monoisotopic (exact) mass is 243 g/mol. The minimum absolute atomic E-state index is 0.736. The van der Waals surface area contributed by atoms with Crippen LogP contribution in [0, 0.1) is 4.51 Å². The molecule has 3 heterocycles. The van der Waals surface area contributed by atoms with Gasteiger partial charge in [0.2, 0.25) is 0 Å². The maximum absolute atomic E-state index is 5.23. The summed E-state index contributed by atoms with van der Waals surface area (Å²) in [6.45, 7) is 0. The smallest absolute Gasteiger partial charge is 0.134 e. The van der Waals surface area contributed by atoms with E-state index in [-0.39, 0.29) is 0 Å². The van der Waals surface area contributed by atoms with E-state index in [0.717, 1.165) is 16.1 Å². The van der Waals surface area contributed by atoms with Crippen LogP contribution in [0.15, 0.2) is 49.1 Å². The quantitative estimate of drug-likeness (QED) is 0.701. The maximum Gasteiger partial charge on any atom is 0.134 e. The van der Waals surface area contributed by atoms with Crippen LogP contribution in [0.2, 0.25) is 0 Å². The predicted molar refractivity (Wildman–Crippen MR) is 65.9 cm³/mol. The van der Waals surface area contributed by atoms with E-state index >= 15 is 0 Å². The fraction of sp³-hybridized carbons (Fsp3) is 0. The van der Waals surface area contributed by atoms with Crippen LogP contribution in [0.1, 0.15) is 0 Å². The van der Waals surface area contributed by atoms with Crippen molar-refractivity contribution in [1.82, 2.24) is 24.5 Å². The Balaban J connectivity index is 2.17. The molecular formula is C11H9N5S. The Morgan fingerprint density at radius 3 is 1.88 bits per heavy atom. The Bertz CT molecular complexity index is 611. The van der Waals surface area contributed by atoms with Crippen molar-refractivity contribution in [3.05, 3.63) is 53.6 Å². The van der Waals surface area contributed by atoms with Crippen LogP contribution in [-0.4, -0.2) is 24.5 Å². The number of hydrogen-bond acceptors (Lipinski definition) is 3. The largest absolute Gasteiger partial charge is 0.325 e. The van der Waals surface area contributed by atoms with E-state index in [0.29, 0.717) is 0 Å². The minimum atomic E-state index is 0.736. The normalized spacial score (nSPS) is 10.6. The van der Waals surface area contributed by atoms with E-state index in [9.17, 15) is 0 Å². The summed E-state index contributed by atoms with van der Waals surface area (Å²) in [6.07, 6.45) is 7.15. The van der Waals surface area contributed by atoms with Gasteiger partial charge in [-0.3, -0.25) is 0 Å². The fourth-order valence-corrected chi connectivity index (χ4v) is 1.81. The summed E-state index contributed by atoms with van der Waals surface area (Å²) < 4.78 is 4.19. The van der Waals surface area contributed by atoms with Crippen molar-refractivity contribution in [2.24, 2.45) is 0 Å². The van der Waals surface area contributed by atoms with Crippen LogP contribution in [0.5, 0.6) is 0 Å². The van der Waals surface area contributed by atoms with Crippen LogP contribution in [0.3, 0.4) is 0 Å². The molecule has 0 aliphatic heterocycles. The summed E-state index contributed by atoms with van der Waals surface area (Å²) in [6, 6.07) is 7.43. The molecule has 0 radical (unpaired) electrons. The van der Waals surface area contributed by atoms with Gasteiger partial charge in [0.15, 0.2) is 0 Å². The number of nitrogens with one attached hydrogen (secondary N) is 1. The van der Waals surface area contributed by atoms with Crippen LogP contribution >= 0.6 is 12.2 Å². The molecule has 0 aliphatic carbocycles. The van der Waals surface area contributed by atoms with E-state index in [1.165, 1.54) is 0 Å². The first-order chi connectivity index (χ1) is 8.33. The lowest BCUT2D eigenvalue weighted by atomic mass is 10.4. The van der Waals surface area contributed by atoms with Gasteiger partial charge in [-0.15, -0.1) is 0 Å². The zero-order valence-corrected chi connectivity index (χ0v) is 9.63. The number of rotatable bonds is 2. The number of aromatic amines is 1. The molecule has 6 heteroatoms. The molecule has 0 aromatic carbocycles. The number of aromatic nitrogens is 5. The molecule has 0 spiro atoms. The third-order valence-corrected chi connectivity index (χ3v) is 2.55. The Morgan fingerprint density at radius 1 is 0.941 bits per heavy atom. The Morgan fingerprint density at radius 2 is 1.47 bits per heavy atom. The van der Waals surface area contributed by atoms with Gasteiger partial charge in [0.05, 0.1) is 0 Å². The molecule has 3 aromatic heterocycles. The fourth-order valence-electron chi connectivity index (χ4n) is 1.58. The molecule has 0 atom stereocenters. The zero-order chi connectivity index (χ0) is 11.7. The van der Waals surface area contributed by atoms with Crippen molar-refractivity contribution >= 4 is 12.2 Å². The molecule has 0 aliphatic rings. The highest BCUT2D eigenvalue weighted by Crippen LogP contribution is 2.09. The van der Waals surface area contributed by atoms with E-state index < -0.39 is 0 Å². The molecule has 3 rings (SSSR count). The molecule has 0 saturated heterocycles. The molecule has 3 aromatic rings. The molecule has 1 N–H and O–H groups in total. The molecule has 0 amide bonds. The molecule has 84 valence electrons. The lowest BCUT2D eigenvalue weighted by Gasteiger charge is -2.06. The zero-order valence-electron chi connectivity index (χ0n) is 8.82. The van der Waals surface area contributed by atoms with Gasteiger partial charge in [0.25, 0.3) is 0 Å². The first kappa shape index (κ1) is 9.98. The van der Waals surface area contributed by atoms with Crippen molar-refractivity contribution in [3.63, 3.8) is 0 Å². The number of hydrogen-bond donors (Lipinski definition) is 1. The first-order valence-corrected chi connectivity index (χ1v) is 5.48. The van der Waals surface area contributed by atoms with Crippen LogP contribution < -0.4 is 0 Å². The molecule has 17 heavy (non-hydrogen) atoms. The minimum Gasteiger partial charge on any atom is -0.325 e. The lowest BCUT2D eigenvalue weighted by Crippen LogP contribution is -2.03. The van der Waals surface area contributed by atoms with Gasteiger partial charge in [-0.2, -0.15) is 10.2 Å². The van der Waals surface area contributed by atoms with Gasteiger partial charge in [-0.05, 0) is 24.3 Å². The van der Waals surface area contributed by atoms with E-state index in [2.05, 4.69) is 15.2 Å². The highest BCUT2D eigenvalue weighted by atomic mass is 32.1. The van der Waals surface area contributed by atoms with Crippen molar-refractivity contribution in [1.29, 1.82) is 0 Å². The van der Waals surface area contributed by atoms with Gasteiger partial charge in [0, 0.05) is 29.3 Å². The highest BCUT2D eigenvalue weighted by molar-refractivity contribution is 7.71. The second-order valence-electron chi connectivity index (χ2n) is 3.49. The standard InChI is InChI=1S/C11H9N5S/c17-9-7-10(15-5-1-3-12-15)14-11(8-9)16-6-2-4-13-16/h1-8H,(H,14,17). The topological polar surface area (TPSA) is 51.4 Å². The van der Waals surface area contributed by atoms with E-state index in [1.54, 1.807) is 21.8 Å². The summed E-state index contributed by atoms with van der Waals surface area (Å²) in [5, 5.41) is 8.32.